The van der Waals surface area contributed by atoms with Gasteiger partial charge in [0.1, 0.15) is 0 Å². The van der Waals surface area contributed by atoms with Gasteiger partial charge in [-0.1, -0.05) is 19.8 Å². The largest absolute Gasteiger partial charge is 0.383 e. The van der Waals surface area contributed by atoms with Gasteiger partial charge in [0.2, 0.25) is 0 Å². The predicted octanol–water partition coefficient (Wildman–Crippen LogP) is 2.47. The first-order chi connectivity index (χ1) is 9.74. The van der Waals surface area contributed by atoms with Crippen molar-refractivity contribution >= 4 is 11.8 Å². The summed E-state index contributed by atoms with van der Waals surface area (Å²) in [6.07, 6.45) is 5.64. The van der Waals surface area contributed by atoms with Gasteiger partial charge in [-0.05, 0) is 24.2 Å². The number of hydrogen-bond acceptors (Lipinski definition) is 4. The van der Waals surface area contributed by atoms with Crippen LogP contribution >= 0.6 is 11.8 Å². The summed E-state index contributed by atoms with van der Waals surface area (Å²) in [5.74, 6) is 3.54. The normalized spacial score (nSPS) is 32.4. The molecule has 1 N–H and O–H groups in total. The summed E-state index contributed by atoms with van der Waals surface area (Å²) in [6, 6.07) is 0. The average Bonchev–Trinajstić information content (AvgIpc) is 2.45. The van der Waals surface area contributed by atoms with Crippen molar-refractivity contribution < 1.29 is 4.74 Å². The summed E-state index contributed by atoms with van der Waals surface area (Å²) in [4.78, 5) is 2.71. The minimum atomic E-state index is 0.507. The van der Waals surface area contributed by atoms with E-state index in [0.29, 0.717) is 5.41 Å². The lowest BCUT2D eigenvalue weighted by Crippen LogP contribution is -2.49. The lowest BCUT2D eigenvalue weighted by molar-refractivity contribution is 0.0821. The Balaban J connectivity index is 1.88. The van der Waals surface area contributed by atoms with Crippen LogP contribution in [-0.2, 0) is 4.74 Å². The van der Waals surface area contributed by atoms with Gasteiger partial charge in [-0.15, -0.1) is 0 Å². The van der Waals surface area contributed by atoms with Crippen molar-refractivity contribution in [1.29, 1.82) is 0 Å². The van der Waals surface area contributed by atoms with Crippen LogP contribution in [0.5, 0.6) is 0 Å². The molecule has 4 heteroatoms. The highest BCUT2D eigenvalue weighted by atomic mass is 32.2. The van der Waals surface area contributed by atoms with E-state index in [2.05, 4.69) is 28.9 Å². The van der Waals surface area contributed by atoms with E-state index in [4.69, 9.17) is 4.74 Å². The summed E-state index contributed by atoms with van der Waals surface area (Å²) in [7, 11) is 1.78. The fourth-order valence-corrected chi connectivity index (χ4v) is 4.87. The van der Waals surface area contributed by atoms with Crippen LogP contribution in [0.3, 0.4) is 0 Å². The van der Waals surface area contributed by atoms with Gasteiger partial charge in [0.15, 0.2) is 0 Å². The first kappa shape index (κ1) is 16.6. The maximum atomic E-state index is 5.16. The van der Waals surface area contributed by atoms with Crippen molar-refractivity contribution in [1.82, 2.24) is 10.2 Å². The van der Waals surface area contributed by atoms with Gasteiger partial charge in [-0.3, -0.25) is 0 Å². The molecule has 20 heavy (non-hydrogen) atoms. The SMILES string of the molecule is COCCNCC1(CN2CCSCC2)CCCC(C)C1. The summed E-state index contributed by atoms with van der Waals surface area (Å²) < 4.78 is 5.16. The summed E-state index contributed by atoms with van der Waals surface area (Å²) in [5, 5.41) is 3.65. The van der Waals surface area contributed by atoms with Crippen molar-refractivity contribution in [2.24, 2.45) is 11.3 Å². The fraction of sp³-hybridized carbons (Fsp3) is 1.00. The van der Waals surface area contributed by atoms with E-state index in [9.17, 15) is 0 Å². The zero-order valence-electron chi connectivity index (χ0n) is 13.3. The fourth-order valence-electron chi connectivity index (χ4n) is 3.89. The molecule has 1 saturated carbocycles. The Morgan fingerprint density at radius 2 is 2.15 bits per heavy atom. The molecule has 0 bridgehead atoms. The molecule has 3 nitrogen and oxygen atoms in total. The van der Waals surface area contributed by atoms with Gasteiger partial charge in [0.05, 0.1) is 6.61 Å². The molecule has 118 valence electrons. The highest BCUT2D eigenvalue weighted by molar-refractivity contribution is 7.99. The molecule has 1 saturated heterocycles. The monoisotopic (exact) mass is 300 g/mol. The van der Waals surface area contributed by atoms with Crippen LogP contribution in [0.25, 0.3) is 0 Å². The molecular weight excluding hydrogens is 268 g/mol. The van der Waals surface area contributed by atoms with E-state index in [0.717, 1.165) is 19.1 Å². The Bertz CT molecular complexity index is 271. The van der Waals surface area contributed by atoms with Crippen LogP contribution in [-0.4, -0.2) is 62.8 Å². The Labute approximate surface area is 129 Å². The topological polar surface area (TPSA) is 24.5 Å². The quantitative estimate of drug-likeness (QED) is 0.730. The smallest absolute Gasteiger partial charge is 0.0587 e. The standard InChI is InChI=1S/C16H32N2OS/c1-15-4-3-5-16(12-15,13-17-6-9-19-2)14-18-7-10-20-11-8-18/h15,17H,3-14H2,1-2H3. The Kier molecular flexibility index (Phi) is 7.15. The minimum absolute atomic E-state index is 0.507. The second kappa shape index (κ2) is 8.62. The lowest BCUT2D eigenvalue weighted by Gasteiger charge is -2.44. The van der Waals surface area contributed by atoms with Crippen molar-refractivity contribution in [3.63, 3.8) is 0 Å². The molecule has 2 unspecified atom stereocenters. The first-order valence-corrected chi connectivity index (χ1v) is 9.39. The Hall–Kier alpha value is 0.230. The zero-order valence-corrected chi connectivity index (χ0v) is 14.1. The van der Waals surface area contributed by atoms with Crippen molar-refractivity contribution in [3.8, 4) is 0 Å². The maximum Gasteiger partial charge on any atom is 0.0587 e. The van der Waals surface area contributed by atoms with Crippen LogP contribution in [0.15, 0.2) is 0 Å². The third-order valence-corrected chi connectivity index (χ3v) is 5.77. The number of nitrogens with one attached hydrogen (secondary N) is 1. The molecule has 0 radical (unpaired) electrons. The molecule has 0 amide bonds. The molecule has 2 aliphatic rings. The molecule has 1 aliphatic heterocycles. The molecule has 2 fully saturated rings. The second-order valence-corrected chi connectivity index (χ2v) is 7.98. The van der Waals surface area contributed by atoms with Crippen LogP contribution in [0.1, 0.15) is 32.6 Å². The van der Waals surface area contributed by atoms with Crippen molar-refractivity contribution in [3.05, 3.63) is 0 Å². The molecule has 0 aromatic carbocycles. The second-order valence-electron chi connectivity index (χ2n) is 6.76. The van der Waals surface area contributed by atoms with Crippen LogP contribution in [0.4, 0.5) is 0 Å². The van der Waals surface area contributed by atoms with Gasteiger partial charge in [-0.2, -0.15) is 11.8 Å². The van der Waals surface area contributed by atoms with Crippen molar-refractivity contribution in [2.75, 3.05) is 57.9 Å². The van der Waals surface area contributed by atoms with E-state index in [1.54, 1.807) is 7.11 Å². The number of hydrogen-bond donors (Lipinski definition) is 1. The number of thioether (sulfide) groups is 1. The van der Waals surface area contributed by atoms with E-state index >= 15 is 0 Å². The summed E-state index contributed by atoms with van der Waals surface area (Å²) in [5.41, 5.74) is 0.507. The maximum absolute atomic E-state index is 5.16. The Morgan fingerprint density at radius 1 is 1.35 bits per heavy atom. The number of nitrogens with zero attached hydrogens (tertiary/aromatic N) is 1. The third-order valence-electron chi connectivity index (χ3n) is 4.83. The molecule has 0 spiro atoms. The third kappa shape index (κ3) is 5.21. The van der Waals surface area contributed by atoms with Crippen LogP contribution in [0.2, 0.25) is 0 Å². The van der Waals surface area contributed by atoms with Gasteiger partial charge < -0.3 is 15.0 Å². The predicted molar refractivity (Wildman–Crippen MR) is 88.6 cm³/mol. The van der Waals surface area contributed by atoms with E-state index < -0.39 is 0 Å². The molecule has 0 aromatic heterocycles. The van der Waals surface area contributed by atoms with Crippen LogP contribution in [0, 0.1) is 11.3 Å². The summed E-state index contributed by atoms with van der Waals surface area (Å²) >= 11 is 2.11. The summed E-state index contributed by atoms with van der Waals surface area (Å²) in [6.45, 7) is 9.31. The molecule has 1 heterocycles. The van der Waals surface area contributed by atoms with Crippen molar-refractivity contribution in [2.45, 2.75) is 32.6 Å². The molecule has 0 aromatic rings. The Morgan fingerprint density at radius 3 is 2.85 bits per heavy atom. The van der Waals surface area contributed by atoms with E-state index in [1.165, 1.54) is 63.4 Å². The van der Waals surface area contributed by atoms with E-state index in [1.807, 2.05) is 0 Å². The highest BCUT2D eigenvalue weighted by Crippen LogP contribution is 2.40. The number of methoxy groups -OCH3 is 1. The minimum Gasteiger partial charge on any atom is -0.383 e. The van der Waals surface area contributed by atoms with E-state index in [-0.39, 0.29) is 0 Å². The van der Waals surface area contributed by atoms with Gasteiger partial charge in [0.25, 0.3) is 0 Å². The molecule has 2 atom stereocenters. The number of rotatable bonds is 7. The lowest BCUT2D eigenvalue weighted by atomic mass is 9.69. The molecular formula is C16H32N2OS. The molecule has 2 rings (SSSR count). The molecule has 1 aliphatic carbocycles. The average molecular weight is 301 g/mol. The van der Waals surface area contributed by atoms with Gasteiger partial charge >= 0.3 is 0 Å². The van der Waals surface area contributed by atoms with Gasteiger partial charge in [0, 0.05) is 51.3 Å². The highest BCUT2D eigenvalue weighted by Gasteiger charge is 2.36. The first-order valence-electron chi connectivity index (χ1n) is 8.24. The van der Waals surface area contributed by atoms with Gasteiger partial charge in [-0.25, -0.2) is 0 Å². The zero-order chi connectivity index (χ0) is 14.3. The number of ether oxygens (including phenoxy) is 1. The van der Waals surface area contributed by atoms with Crippen LogP contribution < -0.4 is 5.32 Å².